The van der Waals surface area contributed by atoms with Crippen LogP contribution in [-0.2, 0) is 9.53 Å². The van der Waals surface area contributed by atoms with Crippen molar-refractivity contribution in [2.24, 2.45) is 5.92 Å². The summed E-state index contributed by atoms with van der Waals surface area (Å²) in [6.45, 7) is 8.76. The molecule has 1 aromatic heterocycles. The van der Waals surface area contributed by atoms with Gasteiger partial charge in [0.25, 0.3) is 0 Å². The van der Waals surface area contributed by atoms with Gasteiger partial charge in [-0.3, -0.25) is 14.6 Å². The molecule has 5 nitrogen and oxygen atoms in total. The number of aliphatic hydroxyl groups is 1. The molecule has 0 saturated heterocycles. The highest BCUT2D eigenvalue weighted by Crippen LogP contribution is 2.40. The summed E-state index contributed by atoms with van der Waals surface area (Å²) in [6, 6.07) is 1.63. The third-order valence-electron chi connectivity index (χ3n) is 4.56. The second-order valence-corrected chi connectivity index (χ2v) is 7.28. The molecule has 1 aliphatic carbocycles. The van der Waals surface area contributed by atoms with Crippen LogP contribution in [0, 0.1) is 5.92 Å². The molecule has 27 heavy (non-hydrogen) atoms. The molecule has 0 fully saturated rings. The summed E-state index contributed by atoms with van der Waals surface area (Å²) in [5.41, 5.74) is 0.421. The number of carbonyl (C=O) groups excluding carboxylic acids is 2. The van der Waals surface area contributed by atoms with Gasteiger partial charge in [-0.1, -0.05) is 49.6 Å². The van der Waals surface area contributed by atoms with Crippen LogP contribution in [0.3, 0.4) is 0 Å². The van der Waals surface area contributed by atoms with E-state index in [2.05, 4.69) is 24.9 Å². The molecule has 0 spiro atoms. The number of Topliss-reactive ketones (excluding diaryl/α,β-unsaturated/α-hetero) is 1. The van der Waals surface area contributed by atoms with Crippen LogP contribution in [0.4, 0.5) is 0 Å². The van der Waals surface area contributed by atoms with E-state index in [1.54, 1.807) is 6.07 Å². The van der Waals surface area contributed by atoms with Gasteiger partial charge in [0.15, 0.2) is 5.76 Å². The molecule has 1 aromatic rings. The van der Waals surface area contributed by atoms with Crippen LogP contribution in [0.25, 0.3) is 11.1 Å². The Hall–Kier alpha value is -2.40. The zero-order chi connectivity index (χ0) is 20.4. The highest BCUT2D eigenvalue weighted by molar-refractivity contribution is 6.51. The van der Waals surface area contributed by atoms with Crippen LogP contribution in [0.1, 0.15) is 62.7 Å². The quantitative estimate of drug-likeness (QED) is 0.561. The Morgan fingerprint density at radius 1 is 1.41 bits per heavy atom. The molecule has 0 aliphatic heterocycles. The Morgan fingerprint density at radius 3 is 2.67 bits per heavy atom. The SMILES string of the molecule is CC[C@H](C)/C=C(C)/C=C\c1cc2c(cn1)C(=O)[C@@](C)(OC(C)=O)C(O)=C2Cl. The fraction of sp³-hybridized carbons (Fsp3) is 0.381. The average molecular weight is 390 g/mol. The number of nitrogens with zero attached hydrogens (tertiary/aromatic N) is 1. The van der Waals surface area contributed by atoms with Crippen molar-refractivity contribution < 1.29 is 19.4 Å². The first-order valence-electron chi connectivity index (χ1n) is 8.80. The maximum absolute atomic E-state index is 12.8. The lowest BCUT2D eigenvalue weighted by molar-refractivity contribution is -0.150. The van der Waals surface area contributed by atoms with Gasteiger partial charge in [-0.25, -0.2) is 0 Å². The summed E-state index contributed by atoms with van der Waals surface area (Å²) < 4.78 is 5.06. The fourth-order valence-corrected chi connectivity index (χ4v) is 3.18. The minimum atomic E-state index is -1.84. The molecule has 2 atom stereocenters. The average Bonchev–Trinajstić information content (AvgIpc) is 2.62. The number of hydrogen-bond donors (Lipinski definition) is 1. The first-order chi connectivity index (χ1) is 12.6. The molecule has 2 rings (SSSR count). The number of pyridine rings is 1. The van der Waals surface area contributed by atoms with E-state index in [0.717, 1.165) is 18.9 Å². The van der Waals surface area contributed by atoms with E-state index in [4.69, 9.17) is 16.3 Å². The van der Waals surface area contributed by atoms with Gasteiger partial charge in [0.2, 0.25) is 11.4 Å². The second kappa shape index (κ2) is 8.09. The Balaban J connectivity index is 2.42. The van der Waals surface area contributed by atoms with Crippen molar-refractivity contribution in [2.45, 2.75) is 46.6 Å². The van der Waals surface area contributed by atoms with Crippen molar-refractivity contribution in [2.75, 3.05) is 0 Å². The van der Waals surface area contributed by atoms with Gasteiger partial charge >= 0.3 is 5.97 Å². The van der Waals surface area contributed by atoms with Gasteiger partial charge in [-0.05, 0) is 31.9 Å². The number of aromatic nitrogens is 1. The summed E-state index contributed by atoms with van der Waals surface area (Å²) in [5, 5.41) is 10.4. The Kier molecular flexibility index (Phi) is 6.26. The normalized spacial score (nSPS) is 21.4. The van der Waals surface area contributed by atoms with E-state index < -0.39 is 23.1 Å². The summed E-state index contributed by atoms with van der Waals surface area (Å²) in [6.07, 6.45) is 8.38. The maximum atomic E-state index is 12.8. The summed E-state index contributed by atoms with van der Waals surface area (Å²) in [4.78, 5) is 28.4. The second-order valence-electron chi connectivity index (χ2n) is 6.90. The Morgan fingerprint density at radius 2 is 2.07 bits per heavy atom. The molecule has 1 N–H and O–H groups in total. The smallest absolute Gasteiger partial charge is 0.304 e. The third kappa shape index (κ3) is 4.30. The highest BCUT2D eigenvalue weighted by atomic mass is 35.5. The molecule has 0 saturated carbocycles. The lowest BCUT2D eigenvalue weighted by Crippen LogP contribution is -2.44. The predicted molar refractivity (Wildman–Crippen MR) is 106 cm³/mol. The third-order valence-corrected chi connectivity index (χ3v) is 4.94. The van der Waals surface area contributed by atoms with Crippen molar-refractivity contribution in [3.8, 4) is 0 Å². The molecule has 0 aromatic carbocycles. The highest BCUT2D eigenvalue weighted by Gasteiger charge is 2.48. The number of hydrogen-bond acceptors (Lipinski definition) is 5. The Labute approximate surface area is 164 Å². The molecule has 1 heterocycles. The van der Waals surface area contributed by atoms with Gasteiger partial charge in [-0.2, -0.15) is 0 Å². The number of ether oxygens (including phenoxy) is 1. The standard InChI is InChI=1S/C21H24ClNO4/c1-6-12(2)9-13(3)7-8-15-10-16-17(11-23-15)19(25)21(5,27-14(4)24)20(26)18(16)22/h7-12,26H,6H2,1-5H3/b8-7-,13-9+/t12-,21+/m0/s1. The van der Waals surface area contributed by atoms with Gasteiger partial charge in [0, 0.05) is 24.2 Å². The number of aliphatic hydroxyl groups excluding tert-OH is 1. The molecule has 0 bridgehead atoms. The van der Waals surface area contributed by atoms with E-state index in [9.17, 15) is 14.7 Å². The molecular formula is C21H24ClNO4. The number of halogens is 1. The number of allylic oxidation sites excluding steroid dienone is 3. The molecule has 144 valence electrons. The number of rotatable bonds is 5. The van der Waals surface area contributed by atoms with Crippen LogP contribution in [0.2, 0.25) is 0 Å². The zero-order valence-electron chi connectivity index (χ0n) is 16.2. The monoisotopic (exact) mass is 389 g/mol. The first kappa shape index (κ1) is 20.9. The van der Waals surface area contributed by atoms with E-state index in [-0.39, 0.29) is 10.6 Å². The molecule has 0 amide bonds. The van der Waals surface area contributed by atoms with Crippen LogP contribution >= 0.6 is 11.6 Å². The van der Waals surface area contributed by atoms with Crippen molar-refractivity contribution >= 4 is 34.5 Å². The number of carbonyl (C=O) groups is 2. The summed E-state index contributed by atoms with van der Waals surface area (Å²) in [7, 11) is 0. The van der Waals surface area contributed by atoms with Crippen molar-refractivity contribution in [3.63, 3.8) is 0 Å². The van der Waals surface area contributed by atoms with Crippen molar-refractivity contribution in [1.82, 2.24) is 4.98 Å². The number of fused-ring (bicyclic) bond motifs is 1. The van der Waals surface area contributed by atoms with E-state index in [0.29, 0.717) is 17.2 Å². The molecule has 0 unspecified atom stereocenters. The van der Waals surface area contributed by atoms with E-state index in [1.807, 2.05) is 19.1 Å². The molecule has 6 heteroatoms. The fourth-order valence-electron chi connectivity index (χ4n) is 2.85. The predicted octanol–water partition coefficient (Wildman–Crippen LogP) is 5.07. The van der Waals surface area contributed by atoms with E-state index >= 15 is 0 Å². The van der Waals surface area contributed by atoms with Crippen molar-refractivity contribution in [1.29, 1.82) is 0 Å². The molecule has 1 aliphatic rings. The van der Waals surface area contributed by atoms with E-state index in [1.165, 1.54) is 13.1 Å². The summed E-state index contributed by atoms with van der Waals surface area (Å²) in [5.74, 6) is -1.25. The van der Waals surface area contributed by atoms with Gasteiger partial charge in [-0.15, -0.1) is 0 Å². The molecular weight excluding hydrogens is 366 g/mol. The van der Waals surface area contributed by atoms with Crippen LogP contribution in [0.5, 0.6) is 0 Å². The largest absolute Gasteiger partial charge is 0.506 e. The van der Waals surface area contributed by atoms with Crippen LogP contribution in [-0.4, -0.2) is 27.4 Å². The lowest BCUT2D eigenvalue weighted by Gasteiger charge is -2.31. The minimum absolute atomic E-state index is 0.0303. The van der Waals surface area contributed by atoms with Crippen LogP contribution in [0.15, 0.2) is 35.7 Å². The van der Waals surface area contributed by atoms with Gasteiger partial charge < -0.3 is 9.84 Å². The minimum Gasteiger partial charge on any atom is -0.506 e. The van der Waals surface area contributed by atoms with Gasteiger partial charge in [0.1, 0.15) is 0 Å². The Bertz CT molecular complexity index is 869. The van der Waals surface area contributed by atoms with Crippen LogP contribution < -0.4 is 0 Å². The zero-order valence-corrected chi connectivity index (χ0v) is 16.9. The summed E-state index contributed by atoms with van der Waals surface area (Å²) >= 11 is 6.28. The maximum Gasteiger partial charge on any atom is 0.304 e. The topological polar surface area (TPSA) is 76.5 Å². The number of ketones is 1. The van der Waals surface area contributed by atoms with Gasteiger partial charge in [0.05, 0.1) is 10.7 Å². The first-order valence-corrected chi connectivity index (χ1v) is 9.18. The van der Waals surface area contributed by atoms with Crippen molar-refractivity contribution in [3.05, 3.63) is 52.6 Å². The lowest BCUT2D eigenvalue weighted by atomic mass is 9.84. The number of esters is 1. The molecule has 0 radical (unpaired) electrons.